The molecule has 2 aromatic rings. The van der Waals surface area contributed by atoms with Gasteiger partial charge in [-0.2, -0.15) is 4.31 Å². The van der Waals surface area contributed by atoms with Gasteiger partial charge in [-0.15, -0.1) is 0 Å². The molecule has 8 nitrogen and oxygen atoms in total. The SMILES string of the molecule is CCOC(=O)N1CCN(S(=O)(=O)c2ccc(F)c(C(=O)Nc3ccc(F)cc3)c2)CC1. The minimum atomic E-state index is -4.02. The van der Waals surface area contributed by atoms with E-state index in [1.165, 1.54) is 17.0 Å². The van der Waals surface area contributed by atoms with Gasteiger partial charge in [-0.05, 0) is 49.4 Å². The molecule has 2 aromatic carbocycles. The van der Waals surface area contributed by atoms with E-state index in [2.05, 4.69) is 5.32 Å². The van der Waals surface area contributed by atoms with E-state index in [9.17, 15) is 26.8 Å². The van der Waals surface area contributed by atoms with E-state index in [0.717, 1.165) is 34.6 Å². The van der Waals surface area contributed by atoms with Crippen molar-refractivity contribution < 1.29 is 31.5 Å². The van der Waals surface area contributed by atoms with Crippen LogP contribution >= 0.6 is 0 Å². The first-order valence-electron chi connectivity index (χ1n) is 9.50. The van der Waals surface area contributed by atoms with E-state index < -0.39 is 39.2 Å². The lowest BCUT2D eigenvalue weighted by atomic mass is 10.2. The summed E-state index contributed by atoms with van der Waals surface area (Å²) in [6.45, 7) is 2.27. The topological polar surface area (TPSA) is 96.0 Å². The fraction of sp³-hybridized carbons (Fsp3) is 0.300. The summed E-state index contributed by atoms with van der Waals surface area (Å²) in [6, 6.07) is 7.80. The Bertz CT molecular complexity index is 1070. The zero-order valence-electron chi connectivity index (χ0n) is 16.7. The van der Waals surface area contributed by atoms with Crippen LogP contribution in [0.3, 0.4) is 0 Å². The van der Waals surface area contributed by atoms with Gasteiger partial charge in [0, 0.05) is 31.9 Å². The molecule has 2 amide bonds. The van der Waals surface area contributed by atoms with Gasteiger partial charge in [-0.1, -0.05) is 0 Å². The molecule has 166 valence electrons. The number of piperazine rings is 1. The van der Waals surface area contributed by atoms with Crippen LogP contribution in [0.2, 0.25) is 0 Å². The number of hydrogen-bond donors (Lipinski definition) is 1. The van der Waals surface area contributed by atoms with E-state index in [1.807, 2.05) is 0 Å². The second kappa shape index (κ2) is 9.40. The molecule has 1 aliphatic rings. The fourth-order valence-electron chi connectivity index (χ4n) is 3.05. The average molecular weight is 453 g/mol. The second-order valence-corrected chi connectivity index (χ2v) is 8.63. The third-order valence-electron chi connectivity index (χ3n) is 4.69. The lowest BCUT2D eigenvalue weighted by molar-refractivity contribution is 0.0933. The molecule has 0 radical (unpaired) electrons. The van der Waals surface area contributed by atoms with Crippen LogP contribution in [0.4, 0.5) is 19.3 Å². The number of carbonyl (C=O) groups is 2. The lowest BCUT2D eigenvalue weighted by Crippen LogP contribution is -2.50. The number of ether oxygens (including phenoxy) is 1. The molecule has 0 saturated carbocycles. The smallest absolute Gasteiger partial charge is 0.409 e. The number of rotatable bonds is 5. The first-order valence-corrected chi connectivity index (χ1v) is 10.9. The first-order chi connectivity index (χ1) is 14.7. The summed E-state index contributed by atoms with van der Waals surface area (Å²) in [5.74, 6) is -2.26. The van der Waals surface area contributed by atoms with Gasteiger partial charge < -0.3 is 15.0 Å². The molecular weight excluding hydrogens is 432 g/mol. The van der Waals surface area contributed by atoms with Crippen molar-refractivity contribution in [1.82, 2.24) is 9.21 Å². The fourth-order valence-corrected chi connectivity index (χ4v) is 4.49. The highest BCUT2D eigenvalue weighted by Crippen LogP contribution is 2.22. The maximum Gasteiger partial charge on any atom is 0.409 e. The Labute approximate surface area is 178 Å². The summed E-state index contributed by atoms with van der Waals surface area (Å²) < 4.78 is 59.3. The van der Waals surface area contributed by atoms with E-state index in [-0.39, 0.29) is 43.4 Å². The zero-order chi connectivity index (χ0) is 22.6. The Hall–Kier alpha value is -3.05. The predicted octanol–water partition coefficient (Wildman–Crippen LogP) is 2.68. The average Bonchev–Trinajstić information content (AvgIpc) is 2.75. The Balaban J connectivity index is 1.76. The number of hydrogen-bond acceptors (Lipinski definition) is 5. The molecule has 0 atom stereocenters. The van der Waals surface area contributed by atoms with Crippen LogP contribution in [0.1, 0.15) is 17.3 Å². The normalized spacial score (nSPS) is 14.9. The van der Waals surface area contributed by atoms with Gasteiger partial charge >= 0.3 is 6.09 Å². The molecule has 0 aromatic heterocycles. The van der Waals surface area contributed by atoms with Gasteiger partial charge in [0.05, 0.1) is 17.1 Å². The van der Waals surface area contributed by atoms with E-state index in [0.29, 0.717) is 0 Å². The molecule has 0 bridgehead atoms. The van der Waals surface area contributed by atoms with Gasteiger partial charge in [-0.25, -0.2) is 22.0 Å². The molecule has 31 heavy (non-hydrogen) atoms. The van der Waals surface area contributed by atoms with Crippen LogP contribution < -0.4 is 5.32 Å². The van der Waals surface area contributed by atoms with E-state index >= 15 is 0 Å². The molecule has 1 aliphatic heterocycles. The molecular formula is C20H21F2N3O5S. The van der Waals surface area contributed by atoms with Gasteiger partial charge in [0.2, 0.25) is 10.0 Å². The van der Waals surface area contributed by atoms with Crippen LogP contribution in [0.25, 0.3) is 0 Å². The van der Waals surface area contributed by atoms with Crippen molar-refractivity contribution in [3.63, 3.8) is 0 Å². The largest absolute Gasteiger partial charge is 0.450 e. The summed E-state index contributed by atoms with van der Waals surface area (Å²) in [5, 5.41) is 2.40. The number of benzene rings is 2. The molecule has 3 rings (SSSR count). The van der Waals surface area contributed by atoms with Crippen molar-refractivity contribution in [2.24, 2.45) is 0 Å². The van der Waals surface area contributed by atoms with Crippen LogP contribution in [0.15, 0.2) is 47.4 Å². The minimum Gasteiger partial charge on any atom is -0.450 e. The molecule has 1 fully saturated rings. The van der Waals surface area contributed by atoms with Gasteiger partial charge in [-0.3, -0.25) is 4.79 Å². The number of amides is 2. The number of halogens is 2. The number of nitrogens with one attached hydrogen (secondary N) is 1. The Morgan fingerprint density at radius 1 is 1.03 bits per heavy atom. The molecule has 1 N–H and O–H groups in total. The monoisotopic (exact) mass is 453 g/mol. The summed E-state index contributed by atoms with van der Waals surface area (Å²) in [4.78, 5) is 25.4. The molecule has 1 heterocycles. The summed E-state index contributed by atoms with van der Waals surface area (Å²) in [5.41, 5.74) is -0.232. The number of sulfonamides is 1. The van der Waals surface area contributed by atoms with Crippen LogP contribution in [0.5, 0.6) is 0 Å². The third-order valence-corrected chi connectivity index (χ3v) is 6.58. The summed E-state index contributed by atoms with van der Waals surface area (Å²) in [7, 11) is -4.02. The number of anilines is 1. The van der Waals surface area contributed by atoms with Crippen molar-refractivity contribution in [2.75, 3.05) is 38.1 Å². The van der Waals surface area contributed by atoms with Crippen LogP contribution in [-0.4, -0.2) is 62.4 Å². The van der Waals surface area contributed by atoms with Crippen LogP contribution in [0, 0.1) is 11.6 Å². The summed E-state index contributed by atoms with van der Waals surface area (Å²) >= 11 is 0. The second-order valence-electron chi connectivity index (χ2n) is 6.69. The standard InChI is InChI=1S/C20H21F2N3O5S/c1-2-30-20(27)24-9-11-25(12-10-24)31(28,29)16-7-8-18(22)17(13-16)19(26)23-15-5-3-14(21)4-6-15/h3-8,13H,2,9-12H2,1H3,(H,23,26). The van der Waals surface area contributed by atoms with Crippen molar-refractivity contribution in [2.45, 2.75) is 11.8 Å². The van der Waals surface area contributed by atoms with Crippen LogP contribution in [-0.2, 0) is 14.8 Å². The quantitative estimate of drug-likeness (QED) is 0.751. The van der Waals surface area contributed by atoms with Crippen molar-refractivity contribution >= 4 is 27.7 Å². The molecule has 1 saturated heterocycles. The molecule has 0 spiro atoms. The predicted molar refractivity (Wildman–Crippen MR) is 108 cm³/mol. The van der Waals surface area contributed by atoms with Gasteiger partial charge in [0.15, 0.2) is 0 Å². The minimum absolute atomic E-state index is 0.0373. The maximum absolute atomic E-state index is 14.2. The van der Waals surface area contributed by atoms with Crippen molar-refractivity contribution in [1.29, 1.82) is 0 Å². The third kappa shape index (κ3) is 5.17. The van der Waals surface area contributed by atoms with E-state index in [4.69, 9.17) is 4.74 Å². The highest BCUT2D eigenvalue weighted by molar-refractivity contribution is 7.89. The van der Waals surface area contributed by atoms with Gasteiger partial charge in [0.1, 0.15) is 11.6 Å². The molecule has 11 heteroatoms. The molecule has 0 unspecified atom stereocenters. The maximum atomic E-state index is 14.2. The number of nitrogens with zero attached hydrogens (tertiary/aromatic N) is 2. The highest BCUT2D eigenvalue weighted by atomic mass is 32.2. The summed E-state index contributed by atoms with van der Waals surface area (Å²) in [6.07, 6.45) is -0.513. The zero-order valence-corrected chi connectivity index (χ0v) is 17.5. The highest BCUT2D eigenvalue weighted by Gasteiger charge is 2.31. The number of carbonyl (C=O) groups excluding carboxylic acids is 2. The first kappa shape index (κ1) is 22.6. The Morgan fingerprint density at radius 3 is 2.29 bits per heavy atom. The Morgan fingerprint density at radius 2 is 1.68 bits per heavy atom. The lowest BCUT2D eigenvalue weighted by Gasteiger charge is -2.33. The van der Waals surface area contributed by atoms with Crippen molar-refractivity contribution in [3.05, 3.63) is 59.7 Å². The van der Waals surface area contributed by atoms with Gasteiger partial charge in [0.25, 0.3) is 5.91 Å². The Kier molecular flexibility index (Phi) is 6.86. The van der Waals surface area contributed by atoms with E-state index in [1.54, 1.807) is 6.92 Å². The van der Waals surface area contributed by atoms with Crippen molar-refractivity contribution in [3.8, 4) is 0 Å². The molecule has 0 aliphatic carbocycles.